The van der Waals surface area contributed by atoms with E-state index in [1.54, 1.807) is 0 Å². The number of non-ortho nitro benzene ring substituents is 1. The van der Waals surface area contributed by atoms with E-state index in [0.29, 0.717) is 11.1 Å². The Hall–Kier alpha value is -2.13. The van der Waals surface area contributed by atoms with E-state index in [1.807, 2.05) is 0 Å². The van der Waals surface area contributed by atoms with Crippen LogP contribution >= 0.6 is 0 Å². The summed E-state index contributed by atoms with van der Waals surface area (Å²) in [6.45, 7) is -0.0253. The van der Waals surface area contributed by atoms with Crippen molar-refractivity contribution < 1.29 is 17.9 Å². The summed E-state index contributed by atoms with van der Waals surface area (Å²) < 4.78 is 30.5. The molecule has 0 atom stereocenters. The van der Waals surface area contributed by atoms with E-state index in [-0.39, 0.29) is 12.2 Å². The molecule has 0 saturated heterocycles. The van der Waals surface area contributed by atoms with Gasteiger partial charge in [-0.1, -0.05) is 0 Å². The fourth-order valence-electron chi connectivity index (χ4n) is 1.43. The van der Waals surface area contributed by atoms with Gasteiger partial charge in [0.2, 0.25) is 0 Å². The van der Waals surface area contributed by atoms with Gasteiger partial charge in [-0.3, -0.25) is 14.7 Å². The molecule has 1 aromatic rings. The number of amidine groups is 1. The first-order valence-electron chi connectivity index (χ1n) is 4.71. The molecule has 8 nitrogen and oxygen atoms in total. The minimum atomic E-state index is -4.48. The van der Waals surface area contributed by atoms with Gasteiger partial charge in [0, 0.05) is 23.9 Å². The number of nitrogens with zero attached hydrogens (tertiary/aromatic N) is 3. The Bertz CT molecular complexity index is 677. The Balaban J connectivity index is 2.47. The van der Waals surface area contributed by atoms with E-state index in [9.17, 15) is 18.5 Å². The Labute approximate surface area is 102 Å². The van der Waals surface area contributed by atoms with Gasteiger partial charge in [0.1, 0.15) is 0 Å². The zero-order valence-electron chi connectivity index (χ0n) is 8.85. The standard InChI is InChI=1S/C9H7N3O5S/c13-12(14)8-2-1-6-4-10-9(18(15,16)17)11-5-7(6)3-8/h1-3,5H,4H2,(H,15,16,17). The van der Waals surface area contributed by atoms with Crippen LogP contribution in [0.2, 0.25) is 0 Å². The normalized spacial score (nSPS) is 14.6. The molecule has 0 bridgehead atoms. The second kappa shape index (κ2) is 4.27. The quantitative estimate of drug-likeness (QED) is 0.458. The fourth-order valence-corrected chi connectivity index (χ4v) is 1.84. The molecule has 1 aliphatic heterocycles. The van der Waals surface area contributed by atoms with Crippen LogP contribution in [-0.2, 0) is 16.7 Å². The highest BCUT2D eigenvalue weighted by molar-refractivity contribution is 8.01. The van der Waals surface area contributed by atoms with Crippen molar-refractivity contribution in [1.82, 2.24) is 0 Å². The molecule has 9 heteroatoms. The molecule has 94 valence electrons. The minimum Gasteiger partial charge on any atom is -0.279 e. The maximum absolute atomic E-state index is 10.9. The molecule has 0 fully saturated rings. The SMILES string of the molecule is O=[N+]([O-])c1ccc2c(c1)C=NC(S(=O)(=O)O)=NC2. The summed E-state index contributed by atoms with van der Waals surface area (Å²) in [4.78, 5) is 17.1. The number of nitro groups is 1. The van der Waals surface area contributed by atoms with Crippen molar-refractivity contribution in [3.8, 4) is 0 Å². The molecule has 1 N–H and O–H groups in total. The highest BCUT2D eigenvalue weighted by Gasteiger charge is 2.18. The summed E-state index contributed by atoms with van der Waals surface area (Å²) in [5.74, 6) is 0. The average molecular weight is 269 g/mol. The number of rotatable bonds is 1. The number of nitro benzene ring substituents is 1. The molecule has 0 spiro atoms. The summed E-state index contributed by atoms with van der Waals surface area (Å²) in [5, 5.41) is 9.89. The van der Waals surface area contributed by atoms with Gasteiger partial charge in [0.15, 0.2) is 0 Å². The summed E-state index contributed by atoms with van der Waals surface area (Å²) in [6, 6.07) is 4.03. The van der Waals surface area contributed by atoms with Crippen LogP contribution in [0.3, 0.4) is 0 Å². The third-order valence-corrected chi connectivity index (χ3v) is 2.97. The van der Waals surface area contributed by atoms with Gasteiger partial charge in [0.25, 0.3) is 10.9 Å². The molecule has 0 unspecified atom stereocenters. The molecule has 0 amide bonds. The van der Waals surface area contributed by atoms with E-state index in [0.717, 1.165) is 6.21 Å². The van der Waals surface area contributed by atoms with Crippen LogP contribution in [0.25, 0.3) is 0 Å². The lowest BCUT2D eigenvalue weighted by molar-refractivity contribution is -0.384. The first-order chi connectivity index (χ1) is 8.38. The van der Waals surface area contributed by atoms with Gasteiger partial charge >= 0.3 is 10.1 Å². The zero-order chi connectivity index (χ0) is 13.3. The molecule has 0 aliphatic carbocycles. The van der Waals surface area contributed by atoms with Crippen LogP contribution in [0, 0.1) is 10.1 Å². The van der Waals surface area contributed by atoms with Crippen LogP contribution in [0.5, 0.6) is 0 Å². The predicted molar refractivity (Wildman–Crippen MR) is 63.4 cm³/mol. The molecule has 18 heavy (non-hydrogen) atoms. The van der Waals surface area contributed by atoms with Crippen molar-refractivity contribution in [3.63, 3.8) is 0 Å². The van der Waals surface area contributed by atoms with Gasteiger partial charge < -0.3 is 0 Å². The van der Waals surface area contributed by atoms with E-state index in [1.165, 1.54) is 18.2 Å². The summed E-state index contributed by atoms with van der Waals surface area (Å²) in [5.41, 5.74) is 0.852. The van der Waals surface area contributed by atoms with Crippen LogP contribution < -0.4 is 0 Å². The second-order valence-electron chi connectivity index (χ2n) is 3.47. The van der Waals surface area contributed by atoms with Crippen LogP contribution in [0.4, 0.5) is 5.69 Å². The number of aliphatic imine (C=N–C) groups is 2. The van der Waals surface area contributed by atoms with Gasteiger partial charge in [-0.05, 0) is 11.6 Å². The van der Waals surface area contributed by atoms with E-state index >= 15 is 0 Å². The third-order valence-electron chi connectivity index (χ3n) is 2.27. The van der Waals surface area contributed by atoms with Crippen molar-refractivity contribution in [1.29, 1.82) is 0 Å². The van der Waals surface area contributed by atoms with E-state index in [4.69, 9.17) is 4.55 Å². The summed E-state index contributed by atoms with van der Waals surface area (Å²) >= 11 is 0. The van der Waals surface area contributed by atoms with Gasteiger partial charge in [-0.15, -0.1) is 0 Å². The maximum Gasteiger partial charge on any atom is 0.330 e. The van der Waals surface area contributed by atoms with Crippen molar-refractivity contribution in [2.75, 3.05) is 0 Å². The Morgan fingerprint density at radius 1 is 1.39 bits per heavy atom. The van der Waals surface area contributed by atoms with Crippen molar-refractivity contribution in [3.05, 3.63) is 39.4 Å². The molecule has 0 radical (unpaired) electrons. The highest BCUT2D eigenvalue weighted by atomic mass is 32.2. The first-order valence-corrected chi connectivity index (χ1v) is 6.15. The monoisotopic (exact) mass is 269 g/mol. The number of fused-ring (bicyclic) bond motifs is 1. The van der Waals surface area contributed by atoms with E-state index in [2.05, 4.69) is 9.98 Å². The van der Waals surface area contributed by atoms with Gasteiger partial charge in [0.05, 0.1) is 11.5 Å². The molecular formula is C9H7N3O5S. The lowest BCUT2D eigenvalue weighted by Crippen LogP contribution is -2.10. The molecule has 1 aromatic carbocycles. The zero-order valence-corrected chi connectivity index (χ0v) is 9.66. The number of hydrogen-bond donors (Lipinski definition) is 1. The molecule has 0 saturated carbocycles. The smallest absolute Gasteiger partial charge is 0.279 e. The first kappa shape index (κ1) is 12.3. The average Bonchev–Trinajstić information content (AvgIpc) is 2.49. The second-order valence-corrected chi connectivity index (χ2v) is 4.79. The lowest BCUT2D eigenvalue weighted by Gasteiger charge is -2.00. The molecular weight excluding hydrogens is 262 g/mol. The van der Waals surface area contributed by atoms with Crippen LogP contribution in [-0.4, -0.2) is 29.3 Å². The molecule has 2 rings (SSSR count). The Morgan fingerprint density at radius 3 is 2.72 bits per heavy atom. The van der Waals surface area contributed by atoms with Crippen molar-refractivity contribution in [2.24, 2.45) is 9.98 Å². The molecule has 1 heterocycles. The predicted octanol–water partition coefficient (Wildman–Crippen LogP) is 0.771. The molecule has 1 aliphatic rings. The summed E-state index contributed by atoms with van der Waals surface area (Å²) in [6.07, 6.45) is 1.13. The largest absolute Gasteiger partial charge is 0.330 e. The summed E-state index contributed by atoms with van der Waals surface area (Å²) in [7, 11) is -4.48. The molecule has 0 aromatic heterocycles. The lowest BCUT2D eigenvalue weighted by atomic mass is 10.1. The van der Waals surface area contributed by atoms with Crippen molar-refractivity contribution in [2.45, 2.75) is 6.54 Å². The van der Waals surface area contributed by atoms with Crippen molar-refractivity contribution >= 4 is 27.2 Å². The van der Waals surface area contributed by atoms with E-state index < -0.39 is 20.2 Å². The highest BCUT2D eigenvalue weighted by Crippen LogP contribution is 2.19. The van der Waals surface area contributed by atoms with Gasteiger partial charge in [-0.25, -0.2) is 9.98 Å². The third kappa shape index (κ3) is 2.41. The minimum absolute atomic E-state index is 0.0253. The number of hydrogen-bond acceptors (Lipinski definition) is 6. The van der Waals surface area contributed by atoms with Crippen LogP contribution in [0.15, 0.2) is 28.2 Å². The van der Waals surface area contributed by atoms with Gasteiger partial charge in [-0.2, -0.15) is 8.42 Å². The number of benzene rings is 1. The fraction of sp³-hybridized carbons (Fsp3) is 0.111. The Kier molecular flexibility index (Phi) is 2.93. The Morgan fingerprint density at radius 2 is 2.11 bits per heavy atom. The van der Waals surface area contributed by atoms with Crippen LogP contribution in [0.1, 0.15) is 11.1 Å². The topological polar surface area (TPSA) is 122 Å². The maximum atomic E-state index is 10.9.